The lowest BCUT2D eigenvalue weighted by Gasteiger charge is -2.40. The van der Waals surface area contributed by atoms with Crippen LogP contribution in [0.1, 0.15) is 29.2 Å². The lowest BCUT2D eigenvalue weighted by atomic mass is 9.70. The monoisotopic (exact) mass is 747 g/mol. The quantitative estimate of drug-likeness (QED) is 0.167. The number of nitrogens with zero attached hydrogens (tertiary/aromatic N) is 3. The first-order chi connectivity index (χ1) is 23.2. The molecule has 3 aromatic carbocycles. The van der Waals surface area contributed by atoms with E-state index < -0.39 is 35.3 Å². The summed E-state index contributed by atoms with van der Waals surface area (Å²) in [6.45, 7) is 10.2. The number of alkyl halides is 1. The van der Waals surface area contributed by atoms with Gasteiger partial charge in [0, 0.05) is 29.7 Å². The Balaban J connectivity index is 1.49. The zero-order valence-corrected chi connectivity index (χ0v) is 29.9. The fourth-order valence-corrected chi connectivity index (χ4v) is 11.8. The molecule has 3 unspecified atom stereocenters. The molecular formula is C38H39BrClN3O4S. The second-order valence-electron chi connectivity index (χ2n) is 12.7. The molecule has 0 radical (unpaired) electrons. The number of carbonyl (C=O) groups is 3. The standard InChI is InChI=1S/C38H39BrClN3O4S/c1-4-19-41(22-25-14-8-6-9-15-25)35(45)30-31-36(46)43(29(23-44)26-16-10-7-11-17-26)34(38(31)21-27(39)33(30)48-38)37(47)42(20-5-2)32-24(3)13-12-18-28(32)40/h4-18,27,29-31,33-34,44H,1-2,19-23H2,3H3/t27?,29-,30+,31+,33+,34?,38?/m1/s1. The lowest BCUT2D eigenvalue weighted by molar-refractivity contribution is -0.145. The largest absolute Gasteiger partial charge is 0.394 e. The normalized spacial score (nSPS) is 26.2. The van der Waals surface area contributed by atoms with Crippen molar-refractivity contribution in [1.82, 2.24) is 9.80 Å². The van der Waals surface area contributed by atoms with E-state index in [1.807, 2.05) is 79.7 Å². The van der Waals surface area contributed by atoms with Gasteiger partial charge in [0.1, 0.15) is 6.04 Å². The van der Waals surface area contributed by atoms with Crippen molar-refractivity contribution in [3.05, 3.63) is 126 Å². The van der Waals surface area contributed by atoms with Crippen LogP contribution >= 0.6 is 39.3 Å². The van der Waals surface area contributed by atoms with E-state index in [0.29, 0.717) is 35.8 Å². The number of halogens is 2. The third-order valence-electron chi connectivity index (χ3n) is 9.85. The molecule has 1 N–H and O–H groups in total. The van der Waals surface area contributed by atoms with E-state index in [4.69, 9.17) is 11.6 Å². The summed E-state index contributed by atoms with van der Waals surface area (Å²) in [5.41, 5.74) is 3.04. The number of aliphatic hydroxyl groups is 1. The zero-order chi connectivity index (χ0) is 34.2. The van der Waals surface area contributed by atoms with Gasteiger partial charge in [-0.25, -0.2) is 0 Å². The van der Waals surface area contributed by atoms with Crippen molar-refractivity contribution in [2.75, 3.05) is 24.6 Å². The number of amides is 3. The fourth-order valence-electron chi connectivity index (χ4n) is 7.93. The molecule has 2 bridgehead atoms. The zero-order valence-electron chi connectivity index (χ0n) is 26.8. The highest BCUT2D eigenvalue weighted by atomic mass is 79.9. The minimum atomic E-state index is -0.988. The molecule has 10 heteroatoms. The molecular weight excluding hydrogens is 710 g/mol. The molecule has 3 aromatic rings. The van der Waals surface area contributed by atoms with Crippen LogP contribution in [0.15, 0.2) is 104 Å². The molecule has 3 aliphatic rings. The summed E-state index contributed by atoms with van der Waals surface area (Å²) in [5, 5.41) is 11.1. The Kier molecular flexibility index (Phi) is 10.2. The molecule has 3 fully saturated rings. The molecule has 48 heavy (non-hydrogen) atoms. The average Bonchev–Trinajstić information content (AvgIpc) is 3.68. The molecule has 7 nitrogen and oxygen atoms in total. The van der Waals surface area contributed by atoms with E-state index >= 15 is 9.59 Å². The Morgan fingerprint density at radius 2 is 1.71 bits per heavy atom. The van der Waals surface area contributed by atoms with Gasteiger partial charge in [0.25, 0.3) is 5.91 Å². The van der Waals surface area contributed by atoms with Crippen molar-refractivity contribution in [3.8, 4) is 0 Å². The Morgan fingerprint density at radius 3 is 2.33 bits per heavy atom. The fraction of sp³-hybridized carbons (Fsp3) is 0.342. The number of thioether (sulfide) groups is 1. The van der Waals surface area contributed by atoms with Crippen LogP contribution in [-0.2, 0) is 20.9 Å². The van der Waals surface area contributed by atoms with Gasteiger partial charge in [-0.1, -0.05) is 112 Å². The van der Waals surface area contributed by atoms with Gasteiger partial charge >= 0.3 is 0 Å². The van der Waals surface area contributed by atoms with Gasteiger partial charge in [-0.15, -0.1) is 24.9 Å². The number of carbonyl (C=O) groups excluding carboxylic acids is 3. The van der Waals surface area contributed by atoms with Crippen molar-refractivity contribution in [3.63, 3.8) is 0 Å². The van der Waals surface area contributed by atoms with E-state index in [1.165, 1.54) is 0 Å². The number of fused-ring (bicyclic) bond motifs is 1. The van der Waals surface area contributed by atoms with Crippen LogP contribution < -0.4 is 4.90 Å². The Hall–Kier alpha value is -3.37. The highest BCUT2D eigenvalue weighted by Crippen LogP contribution is 2.69. The summed E-state index contributed by atoms with van der Waals surface area (Å²) in [6.07, 6.45) is 3.85. The average molecular weight is 749 g/mol. The summed E-state index contributed by atoms with van der Waals surface area (Å²) in [5.74, 6) is -2.21. The van der Waals surface area contributed by atoms with Crippen LogP contribution in [0.3, 0.4) is 0 Å². The van der Waals surface area contributed by atoms with E-state index in [9.17, 15) is 9.90 Å². The third-order valence-corrected chi connectivity index (χ3v) is 13.4. The van der Waals surface area contributed by atoms with Crippen molar-refractivity contribution in [1.29, 1.82) is 0 Å². The number of para-hydroxylation sites is 1. The molecule has 1 spiro atoms. The lowest BCUT2D eigenvalue weighted by Crippen LogP contribution is -2.56. The highest BCUT2D eigenvalue weighted by molar-refractivity contribution is 9.09. The van der Waals surface area contributed by atoms with Crippen molar-refractivity contribution >= 4 is 62.7 Å². The number of likely N-dealkylation sites (tertiary alicyclic amines) is 1. The smallest absolute Gasteiger partial charge is 0.251 e. The van der Waals surface area contributed by atoms with Gasteiger partial charge < -0.3 is 19.8 Å². The summed E-state index contributed by atoms with van der Waals surface area (Å²) in [7, 11) is 0. The first-order valence-electron chi connectivity index (χ1n) is 16.1. The Bertz CT molecular complexity index is 1690. The topological polar surface area (TPSA) is 81.2 Å². The number of rotatable bonds is 12. The van der Waals surface area contributed by atoms with Crippen LogP contribution in [0.5, 0.6) is 0 Å². The molecule has 3 heterocycles. The predicted molar refractivity (Wildman–Crippen MR) is 196 cm³/mol. The number of hydrogen-bond acceptors (Lipinski definition) is 5. The Labute approximate surface area is 299 Å². The summed E-state index contributed by atoms with van der Waals surface area (Å²) in [4.78, 5) is 49.8. The highest BCUT2D eigenvalue weighted by Gasteiger charge is 2.76. The van der Waals surface area contributed by atoms with Gasteiger partial charge in [0.2, 0.25) is 11.8 Å². The van der Waals surface area contributed by atoms with Crippen LogP contribution in [0.4, 0.5) is 5.69 Å². The van der Waals surface area contributed by atoms with Crippen molar-refractivity contribution < 1.29 is 19.5 Å². The van der Waals surface area contributed by atoms with E-state index in [-0.39, 0.29) is 34.3 Å². The van der Waals surface area contributed by atoms with Gasteiger partial charge in [-0.2, -0.15) is 0 Å². The molecule has 250 valence electrons. The second-order valence-corrected chi connectivity index (χ2v) is 15.8. The molecule has 0 aliphatic carbocycles. The summed E-state index contributed by atoms with van der Waals surface area (Å²) in [6, 6.07) is 22.7. The van der Waals surface area contributed by atoms with Gasteiger partial charge in [-0.05, 0) is 36.1 Å². The molecule has 6 rings (SSSR count). The van der Waals surface area contributed by atoms with Crippen molar-refractivity contribution in [2.45, 2.75) is 46.8 Å². The number of anilines is 1. The van der Waals surface area contributed by atoms with Crippen molar-refractivity contribution in [2.24, 2.45) is 11.8 Å². The third kappa shape index (κ3) is 5.82. The molecule has 0 saturated carbocycles. The second kappa shape index (κ2) is 14.2. The number of aryl methyl sites for hydroxylation is 1. The maximum absolute atomic E-state index is 15.2. The number of aliphatic hydroxyl groups excluding tert-OH is 1. The number of benzene rings is 3. The van der Waals surface area contributed by atoms with E-state index in [0.717, 1.165) is 11.1 Å². The van der Waals surface area contributed by atoms with Crippen LogP contribution in [-0.4, -0.2) is 73.2 Å². The van der Waals surface area contributed by atoms with Gasteiger partial charge in [0.05, 0.1) is 39.9 Å². The summed E-state index contributed by atoms with van der Waals surface area (Å²) >= 11 is 12.2. The van der Waals surface area contributed by atoms with E-state index in [1.54, 1.807) is 44.7 Å². The molecule has 3 amide bonds. The first kappa shape index (κ1) is 34.5. The van der Waals surface area contributed by atoms with E-state index in [2.05, 4.69) is 29.1 Å². The minimum Gasteiger partial charge on any atom is -0.394 e. The maximum Gasteiger partial charge on any atom is 0.251 e. The molecule has 3 aliphatic heterocycles. The van der Waals surface area contributed by atoms with Crippen LogP contribution in [0.2, 0.25) is 5.02 Å². The predicted octanol–water partition coefficient (Wildman–Crippen LogP) is 6.58. The first-order valence-corrected chi connectivity index (χ1v) is 18.3. The SMILES string of the molecule is C=CCN(Cc1ccccc1)C(=O)[C@H]1[C@H]2C(=O)N([C@H](CO)c3ccccc3)C(C(=O)N(CC=C)c3c(C)cccc3Cl)C23CC(Br)[C@@H]1S3. The van der Waals surface area contributed by atoms with Gasteiger partial charge in [-0.3, -0.25) is 14.4 Å². The molecule has 7 atom stereocenters. The molecule has 0 aromatic heterocycles. The summed E-state index contributed by atoms with van der Waals surface area (Å²) < 4.78 is -0.934. The van der Waals surface area contributed by atoms with Gasteiger partial charge in [0.15, 0.2) is 0 Å². The molecule has 3 saturated heterocycles. The van der Waals surface area contributed by atoms with Crippen LogP contribution in [0.25, 0.3) is 0 Å². The van der Waals surface area contributed by atoms with Crippen LogP contribution in [0, 0.1) is 18.8 Å². The minimum absolute atomic E-state index is 0.114. The number of hydrogen-bond donors (Lipinski definition) is 1. The Morgan fingerprint density at radius 1 is 1.04 bits per heavy atom. The maximum atomic E-state index is 15.2.